The van der Waals surface area contributed by atoms with Crippen LogP contribution in [0.2, 0.25) is 0 Å². The Morgan fingerprint density at radius 3 is 2.43 bits per heavy atom. The Bertz CT molecular complexity index is 276. The van der Waals surface area contributed by atoms with Gasteiger partial charge in [-0.25, -0.2) is 0 Å². The molecule has 0 amide bonds. The maximum Gasteiger partial charge on any atom is 0.225 e. The zero-order valence-electron chi connectivity index (χ0n) is 8.21. The second-order valence-corrected chi connectivity index (χ2v) is 5.16. The van der Waals surface area contributed by atoms with Crippen LogP contribution in [0.5, 0.6) is 0 Å². The number of nitrogens with zero attached hydrogens (tertiary/aromatic N) is 3. The Hall–Kier alpha value is 0.0700. The molecule has 3 nitrogen and oxygen atoms in total. The number of quaternary nitrogens is 1. The molecule has 5 heteroatoms. The van der Waals surface area contributed by atoms with Crippen LogP contribution in [0.15, 0.2) is 10.2 Å². The number of halogens is 2. The first kappa shape index (κ1) is 10.6. The third-order valence-corrected chi connectivity index (χ3v) is 4.03. The Balaban J connectivity index is 2.17. The molecular formula is C9H14BrClN3+. The largest absolute Gasteiger partial charge is 0.225 e. The Morgan fingerprint density at radius 2 is 1.93 bits per heavy atom. The first-order valence-corrected chi connectivity index (χ1v) is 6.17. The first-order valence-electron chi connectivity index (χ1n) is 5.00. The third-order valence-electron chi connectivity index (χ3n) is 3.02. The molecule has 1 atom stereocenters. The predicted molar refractivity (Wildman–Crippen MR) is 62.7 cm³/mol. The highest BCUT2D eigenvalue weighted by Gasteiger charge is 2.40. The summed E-state index contributed by atoms with van der Waals surface area (Å²) in [7, 11) is 2.02. The maximum absolute atomic E-state index is 5.92. The average Bonchev–Trinajstić information content (AvgIpc) is 2.44. The van der Waals surface area contributed by atoms with Gasteiger partial charge in [0.15, 0.2) is 0 Å². The van der Waals surface area contributed by atoms with Gasteiger partial charge in [-0.15, -0.1) is 0 Å². The number of rotatable bonds is 1. The van der Waals surface area contributed by atoms with Crippen molar-refractivity contribution in [3.8, 4) is 0 Å². The van der Waals surface area contributed by atoms with Crippen LogP contribution in [-0.2, 0) is 0 Å². The molecule has 1 unspecified atom stereocenters. The van der Waals surface area contributed by atoms with E-state index in [9.17, 15) is 0 Å². The molecule has 0 saturated heterocycles. The monoisotopic (exact) mass is 278 g/mol. The zero-order valence-corrected chi connectivity index (χ0v) is 10.6. The molecule has 1 aliphatic carbocycles. The van der Waals surface area contributed by atoms with E-state index in [4.69, 9.17) is 11.6 Å². The van der Waals surface area contributed by atoms with Crippen LogP contribution < -0.4 is 0 Å². The number of hydrogen-bond donors (Lipinski definition) is 0. The highest BCUT2D eigenvalue weighted by Crippen LogP contribution is 2.31. The minimum absolute atomic E-state index is 0.388. The van der Waals surface area contributed by atoms with E-state index >= 15 is 0 Å². The molecule has 1 fully saturated rings. The van der Waals surface area contributed by atoms with Crippen molar-refractivity contribution >= 4 is 37.3 Å². The van der Waals surface area contributed by atoms with E-state index in [2.05, 4.69) is 26.1 Å². The summed E-state index contributed by atoms with van der Waals surface area (Å²) in [5, 5.41) is 9.35. The minimum atomic E-state index is 0.388. The quantitative estimate of drug-likeness (QED) is 0.659. The van der Waals surface area contributed by atoms with Crippen molar-refractivity contribution in [2.45, 2.75) is 38.1 Å². The molecule has 1 aliphatic heterocycles. The summed E-state index contributed by atoms with van der Waals surface area (Å²) in [5.74, 6) is 0. The van der Waals surface area contributed by atoms with Crippen LogP contribution in [0.4, 0.5) is 0 Å². The normalized spacial score (nSPS) is 34.2. The lowest BCUT2D eigenvalue weighted by molar-refractivity contribution is -0.945. The van der Waals surface area contributed by atoms with E-state index in [1.807, 2.05) is 7.05 Å². The van der Waals surface area contributed by atoms with Crippen LogP contribution in [0.25, 0.3) is 0 Å². The Kier molecular flexibility index (Phi) is 2.96. The molecule has 0 aromatic heterocycles. The molecule has 78 valence electrons. The van der Waals surface area contributed by atoms with E-state index in [1.165, 1.54) is 32.1 Å². The highest BCUT2D eigenvalue weighted by molar-refractivity contribution is 9.19. The van der Waals surface area contributed by atoms with Gasteiger partial charge in [0, 0.05) is 12.8 Å². The SMILES string of the molecule is C[N+]1(C2CCCCC2)N=C(Cl)C(Br)=N1. The van der Waals surface area contributed by atoms with Crippen molar-refractivity contribution in [2.75, 3.05) is 7.05 Å². The fourth-order valence-electron chi connectivity index (χ4n) is 2.19. The number of hydrogen-bond acceptors (Lipinski definition) is 2. The second kappa shape index (κ2) is 3.91. The van der Waals surface area contributed by atoms with Gasteiger partial charge in [-0.05, 0) is 39.0 Å². The van der Waals surface area contributed by atoms with Gasteiger partial charge in [0.1, 0.15) is 13.1 Å². The van der Waals surface area contributed by atoms with E-state index in [0.29, 0.717) is 20.5 Å². The van der Waals surface area contributed by atoms with Crippen molar-refractivity contribution in [2.24, 2.45) is 10.2 Å². The van der Waals surface area contributed by atoms with Crippen molar-refractivity contribution < 1.29 is 4.70 Å². The molecule has 2 aliphatic rings. The summed E-state index contributed by atoms with van der Waals surface area (Å²) in [6, 6.07) is 0.507. The summed E-state index contributed by atoms with van der Waals surface area (Å²) in [6.45, 7) is 0. The average molecular weight is 280 g/mol. The highest BCUT2D eigenvalue weighted by atomic mass is 79.9. The molecule has 0 N–H and O–H groups in total. The molecule has 0 spiro atoms. The second-order valence-electron chi connectivity index (χ2n) is 4.05. The van der Waals surface area contributed by atoms with Gasteiger partial charge >= 0.3 is 0 Å². The molecule has 1 heterocycles. The molecule has 0 bridgehead atoms. The van der Waals surface area contributed by atoms with Gasteiger partial charge in [0.05, 0.1) is 0 Å². The summed E-state index contributed by atoms with van der Waals surface area (Å²) >= 11 is 9.24. The Morgan fingerprint density at radius 1 is 1.29 bits per heavy atom. The van der Waals surface area contributed by atoms with Crippen LogP contribution >= 0.6 is 27.5 Å². The maximum atomic E-state index is 5.92. The van der Waals surface area contributed by atoms with Crippen LogP contribution in [0.1, 0.15) is 32.1 Å². The van der Waals surface area contributed by atoms with Crippen molar-refractivity contribution in [3.05, 3.63) is 0 Å². The predicted octanol–water partition coefficient (Wildman–Crippen LogP) is 3.04. The van der Waals surface area contributed by atoms with Gasteiger partial charge in [0.2, 0.25) is 9.79 Å². The van der Waals surface area contributed by atoms with Gasteiger partial charge in [-0.3, -0.25) is 0 Å². The summed E-state index contributed by atoms with van der Waals surface area (Å²) in [5.41, 5.74) is 0. The smallest absolute Gasteiger partial charge is 0.0750 e. The van der Waals surface area contributed by atoms with E-state index < -0.39 is 0 Å². The molecule has 0 aromatic rings. The zero-order chi connectivity index (χ0) is 10.2. The lowest BCUT2D eigenvalue weighted by Gasteiger charge is -2.30. The van der Waals surface area contributed by atoms with Crippen molar-refractivity contribution in [1.29, 1.82) is 0 Å². The minimum Gasteiger partial charge on any atom is -0.0750 e. The molecular weight excluding hydrogens is 265 g/mol. The van der Waals surface area contributed by atoms with E-state index in [-0.39, 0.29) is 0 Å². The molecule has 0 aromatic carbocycles. The lowest BCUT2D eigenvalue weighted by atomic mass is 9.95. The summed E-state index contributed by atoms with van der Waals surface area (Å²) in [4.78, 5) is 0. The van der Waals surface area contributed by atoms with Gasteiger partial charge in [-0.2, -0.15) is 0 Å². The Labute approximate surface area is 97.5 Å². The van der Waals surface area contributed by atoms with Crippen LogP contribution in [-0.4, -0.2) is 27.6 Å². The fourth-order valence-corrected chi connectivity index (χ4v) is 2.79. The lowest BCUT2D eigenvalue weighted by Crippen LogP contribution is -2.42. The van der Waals surface area contributed by atoms with Crippen LogP contribution in [0, 0.1) is 0 Å². The summed E-state index contributed by atoms with van der Waals surface area (Å²) in [6.07, 6.45) is 6.33. The van der Waals surface area contributed by atoms with Crippen molar-refractivity contribution in [1.82, 2.24) is 0 Å². The third kappa shape index (κ3) is 1.88. The fraction of sp³-hybridized carbons (Fsp3) is 0.778. The van der Waals surface area contributed by atoms with Crippen LogP contribution in [0.3, 0.4) is 0 Å². The molecule has 14 heavy (non-hydrogen) atoms. The summed E-state index contributed by atoms with van der Waals surface area (Å²) < 4.78 is 1.08. The molecule has 2 rings (SSSR count). The standard InChI is InChI=1S/C9H14BrClN3/c1-14(7-5-3-2-4-6-7)12-8(10)9(11)13-14/h7H,2-6H2,1H3/q+1. The molecule has 0 radical (unpaired) electrons. The first-order chi connectivity index (χ1) is 6.62. The van der Waals surface area contributed by atoms with E-state index in [1.54, 1.807) is 0 Å². The van der Waals surface area contributed by atoms with Gasteiger partial charge in [0.25, 0.3) is 0 Å². The van der Waals surface area contributed by atoms with Gasteiger partial charge in [-0.1, -0.05) is 22.7 Å². The van der Waals surface area contributed by atoms with Crippen molar-refractivity contribution in [3.63, 3.8) is 0 Å². The van der Waals surface area contributed by atoms with E-state index in [0.717, 1.165) is 0 Å². The van der Waals surface area contributed by atoms with Gasteiger partial charge < -0.3 is 0 Å². The topological polar surface area (TPSA) is 24.7 Å². The molecule has 1 saturated carbocycles.